The second-order valence-corrected chi connectivity index (χ2v) is 5.57. The van der Waals surface area contributed by atoms with E-state index in [4.69, 9.17) is 0 Å². The molecule has 0 radical (unpaired) electrons. The van der Waals surface area contributed by atoms with Gasteiger partial charge < -0.3 is 4.90 Å². The number of halogens is 4. The van der Waals surface area contributed by atoms with Crippen LogP contribution in [0.3, 0.4) is 0 Å². The fourth-order valence-corrected chi connectivity index (χ4v) is 2.77. The largest absolute Gasteiger partial charge is 0.390 e. The van der Waals surface area contributed by atoms with E-state index in [0.29, 0.717) is 15.7 Å². The highest BCUT2D eigenvalue weighted by Gasteiger charge is 2.52. The number of alkyl halides is 3. The van der Waals surface area contributed by atoms with Crippen molar-refractivity contribution in [1.29, 1.82) is 0 Å². The van der Waals surface area contributed by atoms with Crippen LogP contribution in [0.5, 0.6) is 0 Å². The number of rotatable bonds is 1. The summed E-state index contributed by atoms with van der Waals surface area (Å²) in [6.07, 6.45) is -5.53. The van der Waals surface area contributed by atoms with Crippen LogP contribution >= 0.6 is 15.9 Å². The molecule has 0 spiro atoms. The van der Waals surface area contributed by atoms with Crippen molar-refractivity contribution in [3.63, 3.8) is 0 Å². The number of likely N-dealkylation sites (N-methyl/N-ethyl adjacent to an activating group) is 1. The number of carbonyl (C=O) groups is 1. The van der Waals surface area contributed by atoms with Gasteiger partial charge in [-0.25, -0.2) is 0 Å². The Morgan fingerprint density at radius 3 is 2.56 bits per heavy atom. The summed E-state index contributed by atoms with van der Waals surface area (Å²) >= 11 is 3.22. The van der Waals surface area contributed by atoms with Crippen molar-refractivity contribution >= 4 is 27.5 Å². The molecule has 1 amide bonds. The van der Waals surface area contributed by atoms with E-state index in [9.17, 15) is 18.0 Å². The molecule has 18 heavy (non-hydrogen) atoms. The molecule has 0 N–H and O–H groups in total. The van der Waals surface area contributed by atoms with Gasteiger partial charge in [-0.15, -0.1) is 0 Å². The highest BCUT2D eigenvalue weighted by molar-refractivity contribution is 9.10. The summed E-state index contributed by atoms with van der Waals surface area (Å²) < 4.78 is 38.7. The van der Waals surface area contributed by atoms with Gasteiger partial charge in [0.15, 0.2) is 0 Å². The van der Waals surface area contributed by atoms with E-state index in [2.05, 4.69) is 15.9 Å². The van der Waals surface area contributed by atoms with Gasteiger partial charge in [-0.2, -0.15) is 13.2 Å². The zero-order valence-electron chi connectivity index (χ0n) is 9.81. The first kappa shape index (κ1) is 13.4. The van der Waals surface area contributed by atoms with Gasteiger partial charge >= 0.3 is 6.18 Å². The van der Waals surface area contributed by atoms with E-state index in [1.54, 1.807) is 18.2 Å². The maximum absolute atomic E-state index is 12.7. The van der Waals surface area contributed by atoms with Gasteiger partial charge in [0.2, 0.25) is 5.91 Å². The van der Waals surface area contributed by atoms with Crippen molar-refractivity contribution in [3.05, 3.63) is 28.2 Å². The average Bonchev–Trinajstić information content (AvgIpc) is 2.39. The number of hydrogen-bond donors (Lipinski definition) is 0. The quantitative estimate of drug-likeness (QED) is 0.773. The Morgan fingerprint density at radius 2 is 2.00 bits per heavy atom. The third-order valence-electron chi connectivity index (χ3n) is 3.25. The summed E-state index contributed by atoms with van der Waals surface area (Å²) in [7, 11) is 1.50. The number of benzene rings is 1. The Bertz CT molecular complexity index is 515. The van der Waals surface area contributed by atoms with Crippen LogP contribution in [0.4, 0.5) is 18.9 Å². The van der Waals surface area contributed by atoms with Gasteiger partial charge in [-0.05, 0) is 30.7 Å². The van der Waals surface area contributed by atoms with Crippen molar-refractivity contribution in [2.75, 3.05) is 11.9 Å². The molecule has 1 heterocycles. The highest BCUT2D eigenvalue weighted by atomic mass is 79.9. The molecule has 2 rings (SSSR count). The van der Waals surface area contributed by atoms with E-state index in [0.717, 1.165) is 0 Å². The third-order valence-corrected chi connectivity index (χ3v) is 3.74. The molecule has 0 saturated carbocycles. The fraction of sp³-hybridized carbons (Fsp3) is 0.417. The second kappa shape index (κ2) is 3.98. The van der Waals surface area contributed by atoms with Crippen molar-refractivity contribution in [2.45, 2.75) is 24.9 Å². The fourth-order valence-electron chi connectivity index (χ4n) is 2.41. The molecule has 0 aliphatic carbocycles. The van der Waals surface area contributed by atoms with E-state index >= 15 is 0 Å². The lowest BCUT2D eigenvalue weighted by Crippen LogP contribution is -2.39. The maximum atomic E-state index is 12.7. The van der Waals surface area contributed by atoms with Crippen LogP contribution in [0, 0.1) is 0 Å². The number of amides is 1. The number of anilines is 1. The molecule has 1 aromatic carbocycles. The van der Waals surface area contributed by atoms with Crippen LogP contribution in [0.15, 0.2) is 22.7 Å². The first-order valence-electron chi connectivity index (χ1n) is 5.30. The van der Waals surface area contributed by atoms with E-state index < -0.39 is 23.9 Å². The van der Waals surface area contributed by atoms with Crippen LogP contribution in [-0.2, 0) is 10.2 Å². The van der Waals surface area contributed by atoms with E-state index in [1.807, 2.05) is 0 Å². The first-order valence-corrected chi connectivity index (χ1v) is 6.09. The average molecular weight is 322 g/mol. The number of carbonyl (C=O) groups excluding carboxylic acids is 1. The molecule has 1 unspecified atom stereocenters. The molecule has 1 aromatic rings. The Kier molecular flexibility index (Phi) is 2.96. The molecule has 0 fully saturated rings. The molecular formula is C12H11BrF3NO. The van der Waals surface area contributed by atoms with Gasteiger partial charge in [0.05, 0.1) is 11.8 Å². The topological polar surface area (TPSA) is 20.3 Å². The normalized spacial score (nSPS) is 23.4. The molecular weight excluding hydrogens is 311 g/mol. The first-order chi connectivity index (χ1) is 8.15. The smallest absolute Gasteiger partial charge is 0.314 e. The summed E-state index contributed by atoms with van der Waals surface area (Å²) in [5, 5.41) is 0. The molecule has 0 bridgehead atoms. The van der Waals surface area contributed by atoms with Crippen molar-refractivity contribution in [1.82, 2.24) is 0 Å². The number of nitrogens with zero attached hydrogens (tertiary/aromatic N) is 1. The molecule has 2 nitrogen and oxygen atoms in total. The molecule has 1 aliphatic rings. The molecule has 1 atom stereocenters. The summed E-state index contributed by atoms with van der Waals surface area (Å²) in [5.41, 5.74) is -0.580. The summed E-state index contributed by atoms with van der Waals surface area (Å²) in [4.78, 5) is 13.4. The minimum absolute atomic E-state index is 0.418. The zero-order valence-corrected chi connectivity index (χ0v) is 11.4. The standard InChI is InChI=1S/C12H11BrF3NO/c1-11(6-12(14,15)16)8-5-7(13)3-4-9(8)17(2)10(11)18/h3-5H,6H2,1-2H3. The van der Waals surface area contributed by atoms with Crippen LogP contribution in [0.25, 0.3) is 0 Å². The van der Waals surface area contributed by atoms with E-state index in [-0.39, 0.29) is 0 Å². The molecule has 0 saturated heterocycles. The Hall–Kier alpha value is -1.04. The van der Waals surface area contributed by atoms with Crippen LogP contribution in [0.1, 0.15) is 18.9 Å². The Labute approximate surface area is 111 Å². The van der Waals surface area contributed by atoms with Gasteiger partial charge in [0.25, 0.3) is 0 Å². The molecule has 1 aliphatic heterocycles. The molecule has 0 aromatic heterocycles. The van der Waals surface area contributed by atoms with Gasteiger partial charge in [0, 0.05) is 17.2 Å². The second-order valence-electron chi connectivity index (χ2n) is 4.65. The van der Waals surface area contributed by atoms with Crippen molar-refractivity contribution in [3.8, 4) is 0 Å². The van der Waals surface area contributed by atoms with Gasteiger partial charge in [0.1, 0.15) is 0 Å². The molecule has 6 heteroatoms. The zero-order chi connectivity index (χ0) is 13.7. The monoisotopic (exact) mass is 321 g/mol. The molecule has 98 valence electrons. The predicted octanol–water partition coefficient (Wildman–Crippen LogP) is 3.64. The minimum Gasteiger partial charge on any atom is -0.314 e. The SMILES string of the molecule is CN1C(=O)C(C)(CC(F)(F)F)c2cc(Br)ccc21. The lowest BCUT2D eigenvalue weighted by molar-refractivity contribution is -0.154. The Morgan fingerprint density at radius 1 is 1.39 bits per heavy atom. The van der Waals surface area contributed by atoms with Crippen LogP contribution in [-0.4, -0.2) is 19.1 Å². The predicted molar refractivity (Wildman–Crippen MR) is 65.6 cm³/mol. The maximum Gasteiger partial charge on any atom is 0.390 e. The summed E-state index contributed by atoms with van der Waals surface area (Å²) in [6.45, 7) is 1.34. The highest BCUT2D eigenvalue weighted by Crippen LogP contribution is 2.47. The van der Waals surface area contributed by atoms with Gasteiger partial charge in [-0.1, -0.05) is 15.9 Å². The minimum atomic E-state index is -4.38. The van der Waals surface area contributed by atoms with Gasteiger partial charge in [-0.3, -0.25) is 4.79 Å². The van der Waals surface area contributed by atoms with Crippen molar-refractivity contribution < 1.29 is 18.0 Å². The third kappa shape index (κ3) is 2.02. The van der Waals surface area contributed by atoms with Crippen molar-refractivity contribution in [2.24, 2.45) is 0 Å². The lowest BCUT2D eigenvalue weighted by atomic mass is 9.80. The number of fused-ring (bicyclic) bond motifs is 1. The summed E-state index contributed by atoms with van der Waals surface area (Å²) in [6, 6.07) is 4.95. The lowest BCUT2D eigenvalue weighted by Gasteiger charge is -2.24. The van der Waals surface area contributed by atoms with E-state index in [1.165, 1.54) is 18.9 Å². The Balaban J connectivity index is 2.57. The number of hydrogen-bond acceptors (Lipinski definition) is 1. The van der Waals surface area contributed by atoms with Crippen LogP contribution < -0.4 is 4.90 Å². The van der Waals surface area contributed by atoms with Crippen LogP contribution in [0.2, 0.25) is 0 Å². The summed E-state index contributed by atoms with van der Waals surface area (Å²) in [5.74, 6) is -0.520.